The Balaban J connectivity index is 2.49. The number of ether oxygens (including phenoxy) is 1. The molecule has 2 rings (SSSR count). The number of rotatable bonds is 3. The van der Waals surface area contributed by atoms with Crippen molar-refractivity contribution in [2.24, 2.45) is 0 Å². The van der Waals surface area contributed by atoms with Crippen LogP contribution in [0.1, 0.15) is 5.56 Å². The molecule has 0 amide bonds. The van der Waals surface area contributed by atoms with Crippen molar-refractivity contribution in [3.8, 4) is 16.9 Å². The summed E-state index contributed by atoms with van der Waals surface area (Å²) in [5.41, 5.74) is 3.32. The molecule has 0 saturated carbocycles. The van der Waals surface area contributed by atoms with Crippen LogP contribution >= 0.6 is 11.6 Å². The topological polar surface area (TPSA) is 9.23 Å². The molecule has 2 aromatic rings. The highest BCUT2D eigenvalue weighted by atomic mass is 35.5. The Morgan fingerprint density at radius 1 is 1.06 bits per heavy atom. The van der Waals surface area contributed by atoms with Gasteiger partial charge in [0.25, 0.3) is 0 Å². The molecule has 16 heavy (non-hydrogen) atoms. The van der Waals surface area contributed by atoms with Crippen LogP contribution in [-0.2, 0) is 5.88 Å². The van der Waals surface area contributed by atoms with Gasteiger partial charge in [-0.1, -0.05) is 42.5 Å². The zero-order valence-corrected chi connectivity index (χ0v) is 9.87. The Hall–Kier alpha value is -1.47. The minimum absolute atomic E-state index is 0.505. The second kappa shape index (κ2) is 5.04. The highest BCUT2D eigenvalue weighted by Gasteiger charge is 2.05. The van der Waals surface area contributed by atoms with E-state index in [2.05, 4.69) is 12.1 Å². The molecule has 0 bridgehead atoms. The monoisotopic (exact) mass is 232 g/mol. The molecular formula is C14H13ClO. The summed E-state index contributed by atoms with van der Waals surface area (Å²) in [6.07, 6.45) is 0. The molecule has 0 atom stereocenters. The fraction of sp³-hybridized carbons (Fsp3) is 0.143. The van der Waals surface area contributed by atoms with Gasteiger partial charge >= 0.3 is 0 Å². The maximum atomic E-state index is 5.80. The van der Waals surface area contributed by atoms with Crippen molar-refractivity contribution in [1.82, 2.24) is 0 Å². The second-order valence-corrected chi connectivity index (χ2v) is 3.80. The zero-order chi connectivity index (χ0) is 11.4. The summed E-state index contributed by atoms with van der Waals surface area (Å²) in [4.78, 5) is 0. The van der Waals surface area contributed by atoms with Crippen molar-refractivity contribution in [3.63, 3.8) is 0 Å². The fourth-order valence-electron chi connectivity index (χ4n) is 1.67. The van der Waals surface area contributed by atoms with Crippen LogP contribution in [-0.4, -0.2) is 7.11 Å². The zero-order valence-electron chi connectivity index (χ0n) is 9.11. The molecule has 0 unspecified atom stereocenters. The maximum Gasteiger partial charge on any atom is 0.126 e. The van der Waals surface area contributed by atoms with Crippen LogP contribution < -0.4 is 4.74 Å². The first-order chi connectivity index (χ1) is 7.85. The first kappa shape index (κ1) is 11.0. The second-order valence-electron chi connectivity index (χ2n) is 3.53. The van der Waals surface area contributed by atoms with Gasteiger partial charge in [0.2, 0.25) is 0 Å². The van der Waals surface area contributed by atoms with E-state index in [1.165, 1.54) is 0 Å². The van der Waals surface area contributed by atoms with Gasteiger partial charge < -0.3 is 4.74 Å². The molecule has 0 radical (unpaired) electrons. The third kappa shape index (κ3) is 2.20. The highest BCUT2D eigenvalue weighted by molar-refractivity contribution is 6.17. The summed E-state index contributed by atoms with van der Waals surface area (Å²) < 4.78 is 5.38. The van der Waals surface area contributed by atoms with E-state index in [9.17, 15) is 0 Å². The Morgan fingerprint density at radius 3 is 2.44 bits per heavy atom. The van der Waals surface area contributed by atoms with Crippen LogP contribution in [0.5, 0.6) is 5.75 Å². The van der Waals surface area contributed by atoms with E-state index in [4.69, 9.17) is 16.3 Å². The lowest BCUT2D eigenvalue weighted by Gasteiger charge is -2.09. The molecular weight excluding hydrogens is 220 g/mol. The van der Waals surface area contributed by atoms with Gasteiger partial charge in [-0.2, -0.15) is 0 Å². The van der Waals surface area contributed by atoms with Crippen LogP contribution in [0.25, 0.3) is 11.1 Å². The van der Waals surface area contributed by atoms with Crippen LogP contribution in [0.4, 0.5) is 0 Å². The summed E-state index contributed by atoms with van der Waals surface area (Å²) in [6, 6.07) is 16.2. The van der Waals surface area contributed by atoms with Gasteiger partial charge in [0.05, 0.1) is 7.11 Å². The van der Waals surface area contributed by atoms with Crippen molar-refractivity contribution in [3.05, 3.63) is 54.1 Å². The van der Waals surface area contributed by atoms with Crippen LogP contribution in [0, 0.1) is 0 Å². The van der Waals surface area contributed by atoms with E-state index in [1.807, 2.05) is 36.4 Å². The predicted molar refractivity (Wildman–Crippen MR) is 68.0 cm³/mol. The lowest BCUT2D eigenvalue weighted by Crippen LogP contribution is -1.89. The number of benzene rings is 2. The summed E-state index contributed by atoms with van der Waals surface area (Å²) in [5.74, 6) is 1.37. The van der Waals surface area contributed by atoms with Crippen molar-refractivity contribution >= 4 is 11.6 Å². The summed E-state index contributed by atoms with van der Waals surface area (Å²) >= 11 is 5.80. The molecule has 0 saturated heterocycles. The lowest BCUT2D eigenvalue weighted by atomic mass is 10.0. The molecule has 0 aliphatic carbocycles. The van der Waals surface area contributed by atoms with Gasteiger partial charge in [-0.15, -0.1) is 11.6 Å². The summed E-state index contributed by atoms with van der Waals surface area (Å²) in [7, 11) is 1.68. The Bertz CT molecular complexity index is 465. The predicted octanol–water partition coefficient (Wildman–Crippen LogP) is 4.10. The van der Waals surface area contributed by atoms with Crippen molar-refractivity contribution in [2.75, 3.05) is 7.11 Å². The van der Waals surface area contributed by atoms with Crippen molar-refractivity contribution in [2.45, 2.75) is 5.88 Å². The van der Waals surface area contributed by atoms with E-state index in [1.54, 1.807) is 7.11 Å². The fourth-order valence-corrected chi connectivity index (χ4v) is 1.84. The minimum Gasteiger partial charge on any atom is -0.496 e. The average Bonchev–Trinajstić information content (AvgIpc) is 2.39. The summed E-state index contributed by atoms with van der Waals surface area (Å²) in [6.45, 7) is 0. The SMILES string of the molecule is COc1cc(CCl)ccc1-c1ccccc1. The van der Waals surface area contributed by atoms with Gasteiger partial charge in [0, 0.05) is 11.4 Å². The van der Waals surface area contributed by atoms with E-state index in [-0.39, 0.29) is 0 Å². The summed E-state index contributed by atoms with van der Waals surface area (Å²) in [5, 5.41) is 0. The molecule has 2 heteroatoms. The number of hydrogen-bond acceptors (Lipinski definition) is 1. The molecule has 2 aromatic carbocycles. The Morgan fingerprint density at radius 2 is 1.81 bits per heavy atom. The molecule has 0 heterocycles. The Labute approximate surface area is 101 Å². The van der Waals surface area contributed by atoms with Crippen molar-refractivity contribution in [1.29, 1.82) is 0 Å². The largest absolute Gasteiger partial charge is 0.496 e. The quantitative estimate of drug-likeness (QED) is 0.724. The molecule has 1 nitrogen and oxygen atoms in total. The molecule has 0 aromatic heterocycles. The van der Waals surface area contributed by atoms with Crippen LogP contribution in [0.15, 0.2) is 48.5 Å². The average molecular weight is 233 g/mol. The number of methoxy groups -OCH3 is 1. The van der Waals surface area contributed by atoms with Crippen molar-refractivity contribution < 1.29 is 4.74 Å². The molecule has 0 N–H and O–H groups in total. The Kier molecular flexibility index (Phi) is 3.47. The third-order valence-corrected chi connectivity index (χ3v) is 2.81. The van der Waals surface area contributed by atoms with E-state index in [0.29, 0.717) is 5.88 Å². The lowest BCUT2D eigenvalue weighted by molar-refractivity contribution is 0.416. The first-order valence-electron chi connectivity index (χ1n) is 5.13. The van der Waals surface area contributed by atoms with E-state index < -0.39 is 0 Å². The molecule has 0 aliphatic heterocycles. The highest BCUT2D eigenvalue weighted by Crippen LogP contribution is 2.30. The molecule has 0 spiro atoms. The van der Waals surface area contributed by atoms with E-state index in [0.717, 1.165) is 22.4 Å². The van der Waals surface area contributed by atoms with Gasteiger partial charge in [-0.05, 0) is 17.2 Å². The van der Waals surface area contributed by atoms with E-state index >= 15 is 0 Å². The third-order valence-electron chi connectivity index (χ3n) is 2.51. The first-order valence-corrected chi connectivity index (χ1v) is 5.67. The van der Waals surface area contributed by atoms with Gasteiger partial charge in [0.1, 0.15) is 5.75 Å². The standard InChI is InChI=1S/C14H13ClO/c1-16-14-9-11(10-15)7-8-13(14)12-5-3-2-4-6-12/h2-9H,10H2,1H3. The van der Waals surface area contributed by atoms with Gasteiger partial charge in [0.15, 0.2) is 0 Å². The van der Waals surface area contributed by atoms with Crippen LogP contribution in [0.2, 0.25) is 0 Å². The van der Waals surface area contributed by atoms with Crippen LogP contribution in [0.3, 0.4) is 0 Å². The maximum absolute atomic E-state index is 5.80. The number of halogens is 1. The smallest absolute Gasteiger partial charge is 0.126 e. The molecule has 0 aliphatic rings. The number of hydrogen-bond donors (Lipinski definition) is 0. The van der Waals surface area contributed by atoms with Gasteiger partial charge in [-0.3, -0.25) is 0 Å². The van der Waals surface area contributed by atoms with Gasteiger partial charge in [-0.25, -0.2) is 0 Å². The minimum atomic E-state index is 0.505. The molecule has 0 fully saturated rings. The normalized spacial score (nSPS) is 10.1. The number of alkyl halides is 1. The molecule has 82 valence electrons.